The lowest BCUT2D eigenvalue weighted by molar-refractivity contribution is -0.119. The Balaban J connectivity index is 1.31. The van der Waals surface area contributed by atoms with Crippen LogP contribution in [0.15, 0.2) is 60.0 Å². The maximum absolute atomic E-state index is 13.3. The van der Waals surface area contributed by atoms with Gasteiger partial charge in [0, 0.05) is 25.3 Å². The van der Waals surface area contributed by atoms with Crippen molar-refractivity contribution in [2.75, 3.05) is 48.1 Å². The van der Waals surface area contributed by atoms with Gasteiger partial charge in [0.05, 0.1) is 25.8 Å². The van der Waals surface area contributed by atoms with Crippen LogP contribution in [0.25, 0.3) is 11.2 Å². The van der Waals surface area contributed by atoms with Crippen LogP contribution in [0.5, 0.6) is 0 Å². The number of hydrazone groups is 1. The molecule has 0 atom stereocenters. The lowest BCUT2D eigenvalue weighted by Crippen LogP contribution is -2.37. The summed E-state index contributed by atoms with van der Waals surface area (Å²) in [6.07, 6.45) is 4.27. The number of carbonyl (C=O) groups excluding carboxylic acids is 1. The SMILES string of the molecule is Cc1cccc(/C=N/Nc2nc(N3CCOCC3)nc3c2ncn3CC(=O)N2CCc3ccccc32)c1. The van der Waals surface area contributed by atoms with E-state index in [1.807, 2.05) is 48.2 Å². The Kier molecular flexibility index (Phi) is 6.23. The summed E-state index contributed by atoms with van der Waals surface area (Å²) in [5.74, 6) is 1.06. The van der Waals surface area contributed by atoms with Crippen LogP contribution < -0.4 is 15.2 Å². The summed E-state index contributed by atoms with van der Waals surface area (Å²) in [7, 11) is 0. The maximum Gasteiger partial charge on any atom is 0.247 e. The Morgan fingerprint density at radius 3 is 2.84 bits per heavy atom. The molecule has 10 nitrogen and oxygen atoms in total. The van der Waals surface area contributed by atoms with Crippen LogP contribution in [0.4, 0.5) is 17.5 Å². The zero-order valence-electron chi connectivity index (χ0n) is 20.7. The molecule has 0 spiro atoms. The molecule has 0 radical (unpaired) electrons. The number of hydrogen-bond donors (Lipinski definition) is 1. The number of benzene rings is 2. The Hall–Kier alpha value is -4.31. The van der Waals surface area contributed by atoms with E-state index in [0.717, 1.165) is 23.2 Å². The van der Waals surface area contributed by atoms with Crippen molar-refractivity contribution in [2.45, 2.75) is 19.9 Å². The number of amides is 1. The molecule has 1 N–H and O–H groups in total. The molecule has 37 heavy (non-hydrogen) atoms. The molecular weight excluding hydrogens is 468 g/mol. The molecule has 188 valence electrons. The largest absolute Gasteiger partial charge is 0.378 e. The fraction of sp³-hybridized carbons (Fsp3) is 0.296. The first-order chi connectivity index (χ1) is 18.2. The highest BCUT2D eigenvalue weighted by molar-refractivity contribution is 5.96. The number of fused-ring (bicyclic) bond motifs is 2. The van der Waals surface area contributed by atoms with E-state index in [0.29, 0.717) is 55.8 Å². The second kappa shape index (κ2) is 9.98. The first-order valence-electron chi connectivity index (χ1n) is 12.5. The molecule has 4 heterocycles. The van der Waals surface area contributed by atoms with Crippen molar-refractivity contribution in [1.29, 1.82) is 0 Å². The molecule has 2 aliphatic rings. The van der Waals surface area contributed by atoms with E-state index >= 15 is 0 Å². The summed E-state index contributed by atoms with van der Waals surface area (Å²) in [5, 5.41) is 4.41. The van der Waals surface area contributed by atoms with E-state index in [4.69, 9.17) is 14.7 Å². The van der Waals surface area contributed by atoms with Crippen molar-refractivity contribution in [3.8, 4) is 0 Å². The number of morpholine rings is 1. The van der Waals surface area contributed by atoms with E-state index in [9.17, 15) is 4.79 Å². The molecule has 4 aromatic rings. The number of nitrogens with one attached hydrogen (secondary N) is 1. The highest BCUT2D eigenvalue weighted by Crippen LogP contribution is 2.28. The average Bonchev–Trinajstić information content (AvgIpc) is 3.54. The minimum Gasteiger partial charge on any atom is -0.378 e. The van der Waals surface area contributed by atoms with E-state index in [-0.39, 0.29) is 12.5 Å². The van der Waals surface area contributed by atoms with Gasteiger partial charge in [-0.2, -0.15) is 15.1 Å². The topological polar surface area (TPSA) is 101 Å². The minimum absolute atomic E-state index is 0.00256. The molecular formula is C27H28N8O2. The number of carbonyl (C=O) groups is 1. The van der Waals surface area contributed by atoms with Crippen LogP contribution in [0.2, 0.25) is 0 Å². The van der Waals surface area contributed by atoms with Gasteiger partial charge in [-0.05, 0) is 30.5 Å². The van der Waals surface area contributed by atoms with Crippen molar-refractivity contribution >= 4 is 40.7 Å². The van der Waals surface area contributed by atoms with E-state index < -0.39 is 0 Å². The fourth-order valence-electron chi connectivity index (χ4n) is 4.78. The van der Waals surface area contributed by atoms with Crippen molar-refractivity contribution < 1.29 is 9.53 Å². The third-order valence-electron chi connectivity index (χ3n) is 6.67. The number of aryl methyl sites for hydroxylation is 1. The Labute approximate surface area is 214 Å². The van der Waals surface area contributed by atoms with Gasteiger partial charge in [0.15, 0.2) is 17.0 Å². The zero-order chi connectivity index (χ0) is 25.2. The fourth-order valence-corrected chi connectivity index (χ4v) is 4.78. The van der Waals surface area contributed by atoms with Gasteiger partial charge in [-0.15, -0.1) is 0 Å². The number of rotatable bonds is 6. The van der Waals surface area contributed by atoms with Gasteiger partial charge in [-0.25, -0.2) is 4.98 Å². The quantitative estimate of drug-likeness (QED) is 0.324. The summed E-state index contributed by atoms with van der Waals surface area (Å²) < 4.78 is 7.30. The summed E-state index contributed by atoms with van der Waals surface area (Å²) in [5.41, 5.74) is 8.53. The third kappa shape index (κ3) is 4.75. The molecule has 1 amide bonds. The summed E-state index contributed by atoms with van der Waals surface area (Å²) in [6.45, 7) is 5.46. The number of hydrogen-bond acceptors (Lipinski definition) is 8. The van der Waals surface area contributed by atoms with Gasteiger partial charge in [-0.3, -0.25) is 10.2 Å². The smallest absolute Gasteiger partial charge is 0.247 e. The second-order valence-corrected chi connectivity index (χ2v) is 9.22. The molecule has 0 bridgehead atoms. The molecule has 6 rings (SSSR count). The lowest BCUT2D eigenvalue weighted by Gasteiger charge is -2.27. The van der Waals surface area contributed by atoms with Gasteiger partial charge >= 0.3 is 0 Å². The van der Waals surface area contributed by atoms with Crippen molar-refractivity contribution in [1.82, 2.24) is 19.5 Å². The number of nitrogens with zero attached hydrogens (tertiary/aromatic N) is 7. The van der Waals surface area contributed by atoms with E-state index in [2.05, 4.69) is 32.5 Å². The van der Waals surface area contributed by atoms with Crippen LogP contribution >= 0.6 is 0 Å². The lowest BCUT2D eigenvalue weighted by atomic mass is 10.2. The molecule has 1 saturated heterocycles. The predicted molar refractivity (Wildman–Crippen MR) is 143 cm³/mol. The van der Waals surface area contributed by atoms with Crippen molar-refractivity contribution in [3.63, 3.8) is 0 Å². The molecule has 2 aromatic heterocycles. The molecule has 0 aliphatic carbocycles. The number of anilines is 3. The molecule has 0 unspecified atom stereocenters. The van der Waals surface area contributed by atoms with Crippen LogP contribution in [0.3, 0.4) is 0 Å². The normalized spacial score (nSPS) is 15.5. The van der Waals surface area contributed by atoms with Crippen LogP contribution in [-0.2, 0) is 22.5 Å². The van der Waals surface area contributed by atoms with Crippen molar-refractivity contribution in [3.05, 3.63) is 71.5 Å². The van der Waals surface area contributed by atoms with Gasteiger partial charge in [0.25, 0.3) is 0 Å². The summed E-state index contributed by atoms with van der Waals surface area (Å²) >= 11 is 0. The van der Waals surface area contributed by atoms with Gasteiger partial charge in [0.2, 0.25) is 11.9 Å². The molecule has 2 aliphatic heterocycles. The van der Waals surface area contributed by atoms with Crippen LogP contribution in [0.1, 0.15) is 16.7 Å². The van der Waals surface area contributed by atoms with Crippen LogP contribution in [0, 0.1) is 6.92 Å². The first-order valence-corrected chi connectivity index (χ1v) is 12.5. The van der Waals surface area contributed by atoms with E-state index in [1.54, 1.807) is 17.1 Å². The predicted octanol–water partition coefficient (Wildman–Crippen LogP) is 3.01. The Bertz CT molecular complexity index is 1470. The zero-order valence-corrected chi connectivity index (χ0v) is 20.7. The Morgan fingerprint density at radius 2 is 1.97 bits per heavy atom. The highest BCUT2D eigenvalue weighted by Gasteiger charge is 2.26. The molecule has 1 fully saturated rings. The highest BCUT2D eigenvalue weighted by atomic mass is 16.5. The Morgan fingerprint density at radius 1 is 1.11 bits per heavy atom. The van der Waals surface area contributed by atoms with Gasteiger partial charge in [0.1, 0.15) is 6.54 Å². The number of imidazole rings is 1. The van der Waals surface area contributed by atoms with E-state index in [1.165, 1.54) is 5.56 Å². The standard InChI is InChI=1S/C27H28N8O2/c1-19-5-4-6-20(15-19)16-29-32-25-24-26(31-27(30-25)33-11-13-37-14-12-33)34(18-28-24)17-23(36)35-10-9-21-7-2-3-8-22(21)35/h2-8,15-16,18H,9-14,17H2,1H3,(H,30,31,32)/b29-16+. The molecule has 2 aromatic carbocycles. The maximum atomic E-state index is 13.3. The monoisotopic (exact) mass is 496 g/mol. The van der Waals surface area contributed by atoms with Crippen molar-refractivity contribution in [2.24, 2.45) is 5.10 Å². The third-order valence-corrected chi connectivity index (χ3v) is 6.67. The molecule has 0 saturated carbocycles. The second-order valence-electron chi connectivity index (χ2n) is 9.22. The first kappa shape index (κ1) is 23.1. The van der Waals surface area contributed by atoms with Crippen LogP contribution in [-0.4, -0.2) is 64.5 Å². The van der Waals surface area contributed by atoms with Gasteiger partial charge < -0.3 is 19.1 Å². The number of ether oxygens (including phenoxy) is 1. The summed E-state index contributed by atoms with van der Waals surface area (Å²) in [4.78, 5) is 31.3. The number of para-hydroxylation sites is 1. The number of aromatic nitrogens is 4. The average molecular weight is 497 g/mol. The summed E-state index contributed by atoms with van der Waals surface area (Å²) in [6, 6.07) is 16.1. The van der Waals surface area contributed by atoms with Gasteiger partial charge in [-0.1, -0.05) is 48.0 Å². The minimum atomic E-state index is 0.00256. The molecule has 10 heteroatoms.